The van der Waals surface area contributed by atoms with Crippen molar-refractivity contribution in [3.05, 3.63) is 34.3 Å². The van der Waals surface area contributed by atoms with Crippen molar-refractivity contribution >= 4 is 11.3 Å². The molecule has 0 radical (unpaired) electrons. The summed E-state index contributed by atoms with van der Waals surface area (Å²) in [6, 6.07) is 3.85. The fourth-order valence-electron chi connectivity index (χ4n) is 1.85. The number of nitrogens with zero attached hydrogens (tertiary/aromatic N) is 1. The highest BCUT2D eigenvalue weighted by Gasteiger charge is 2.14. The van der Waals surface area contributed by atoms with Crippen LogP contribution in [0, 0.1) is 0 Å². The van der Waals surface area contributed by atoms with E-state index in [1.807, 2.05) is 17.5 Å². The molecule has 108 valence electrons. The van der Waals surface area contributed by atoms with E-state index in [4.69, 9.17) is 19.9 Å². The van der Waals surface area contributed by atoms with Gasteiger partial charge in [-0.3, -0.25) is 0 Å². The van der Waals surface area contributed by atoms with Gasteiger partial charge >= 0.3 is 0 Å². The zero-order valence-corrected chi connectivity index (χ0v) is 12.4. The van der Waals surface area contributed by atoms with Gasteiger partial charge in [-0.05, 0) is 30.7 Å². The van der Waals surface area contributed by atoms with Gasteiger partial charge in [-0.15, -0.1) is 11.3 Å². The molecule has 0 saturated carbocycles. The van der Waals surface area contributed by atoms with Gasteiger partial charge in [0.15, 0.2) is 11.5 Å². The van der Waals surface area contributed by atoms with E-state index in [0.29, 0.717) is 30.4 Å². The van der Waals surface area contributed by atoms with Crippen LogP contribution in [0.2, 0.25) is 0 Å². The Morgan fingerprint density at radius 1 is 1.20 bits per heavy atom. The Kier molecular flexibility index (Phi) is 5.20. The molecule has 2 N–H and O–H groups in total. The second-order valence-electron chi connectivity index (χ2n) is 4.08. The fraction of sp³-hybridized carbons (Fsp3) is 0.357. The summed E-state index contributed by atoms with van der Waals surface area (Å²) >= 11 is 1.55. The maximum atomic E-state index is 5.79. The third-order valence-electron chi connectivity index (χ3n) is 2.78. The number of aromatic nitrogens is 1. The summed E-state index contributed by atoms with van der Waals surface area (Å²) in [4.78, 5) is 4.18. The average Bonchev–Trinajstić information content (AvgIpc) is 2.98. The van der Waals surface area contributed by atoms with Gasteiger partial charge in [-0.1, -0.05) is 0 Å². The summed E-state index contributed by atoms with van der Waals surface area (Å²) in [5.74, 6) is 1.87. The first-order valence-electron chi connectivity index (χ1n) is 6.24. The highest BCUT2D eigenvalue weighted by molar-refractivity contribution is 7.09. The lowest BCUT2D eigenvalue weighted by molar-refractivity contribution is 0.265. The van der Waals surface area contributed by atoms with Crippen molar-refractivity contribution in [2.45, 2.75) is 13.0 Å². The first kappa shape index (κ1) is 14.6. The van der Waals surface area contributed by atoms with Crippen LogP contribution in [0.1, 0.15) is 10.6 Å². The molecule has 2 rings (SSSR count). The number of hydrogen-bond acceptors (Lipinski definition) is 6. The molecule has 0 aliphatic carbocycles. The molecule has 0 saturated heterocycles. The zero-order valence-electron chi connectivity index (χ0n) is 11.6. The van der Waals surface area contributed by atoms with Crippen molar-refractivity contribution in [3.63, 3.8) is 0 Å². The molecule has 0 bridgehead atoms. The Bertz CT molecular complexity index is 518. The molecule has 0 fully saturated rings. The monoisotopic (exact) mass is 294 g/mol. The van der Waals surface area contributed by atoms with Gasteiger partial charge in [0.25, 0.3) is 0 Å². The van der Waals surface area contributed by atoms with Gasteiger partial charge in [0.05, 0.1) is 14.2 Å². The molecule has 0 atom stereocenters. The molecule has 1 heterocycles. The molecule has 5 nitrogen and oxygen atoms in total. The van der Waals surface area contributed by atoms with Gasteiger partial charge in [0, 0.05) is 11.6 Å². The number of rotatable bonds is 7. The largest absolute Gasteiger partial charge is 0.493 e. The summed E-state index contributed by atoms with van der Waals surface area (Å²) in [6.45, 7) is 0.965. The summed E-state index contributed by atoms with van der Waals surface area (Å²) in [5.41, 5.74) is 6.64. The van der Waals surface area contributed by atoms with Crippen LogP contribution < -0.4 is 19.9 Å². The van der Waals surface area contributed by atoms with Crippen LogP contribution in [0.3, 0.4) is 0 Å². The van der Waals surface area contributed by atoms with Gasteiger partial charge in [-0.25, -0.2) is 4.98 Å². The summed E-state index contributed by atoms with van der Waals surface area (Å²) < 4.78 is 16.6. The van der Waals surface area contributed by atoms with Crippen molar-refractivity contribution < 1.29 is 14.2 Å². The predicted octanol–water partition coefficient (Wildman–Crippen LogP) is 2.24. The number of benzene rings is 1. The van der Waals surface area contributed by atoms with Gasteiger partial charge in [0.2, 0.25) is 5.75 Å². The standard InChI is InChI=1S/C14H18N2O3S/c1-17-11-7-10(3-4-15)8-12(18-2)14(11)19-9-13-16-5-6-20-13/h5-8H,3-4,9,15H2,1-2H3. The molecule has 1 aromatic heterocycles. The Morgan fingerprint density at radius 3 is 2.40 bits per heavy atom. The molecule has 0 spiro atoms. The second-order valence-corrected chi connectivity index (χ2v) is 5.06. The quantitative estimate of drug-likeness (QED) is 0.848. The average molecular weight is 294 g/mol. The highest BCUT2D eigenvalue weighted by Crippen LogP contribution is 2.39. The van der Waals surface area contributed by atoms with E-state index in [9.17, 15) is 0 Å². The van der Waals surface area contributed by atoms with E-state index >= 15 is 0 Å². The molecule has 0 unspecified atom stereocenters. The zero-order chi connectivity index (χ0) is 14.4. The molecule has 0 aliphatic rings. The molecule has 0 amide bonds. The number of nitrogens with two attached hydrogens (primary N) is 1. The van der Waals surface area contributed by atoms with Crippen molar-refractivity contribution in [1.29, 1.82) is 0 Å². The van der Waals surface area contributed by atoms with E-state index in [1.54, 1.807) is 31.8 Å². The van der Waals surface area contributed by atoms with Crippen LogP contribution in [0.4, 0.5) is 0 Å². The first-order valence-corrected chi connectivity index (χ1v) is 7.12. The Hall–Kier alpha value is -1.79. The molecule has 2 aromatic rings. The van der Waals surface area contributed by atoms with E-state index in [2.05, 4.69) is 4.98 Å². The van der Waals surface area contributed by atoms with E-state index in [-0.39, 0.29) is 0 Å². The second kappa shape index (κ2) is 7.12. The minimum absolute atomic E-state index is 0.390. The lowest BCUT2D eigenvalue weighted by Crippen LogP contribution is -2.05. The van der Waals surface area contributed by atoms with Crippen molar-refractivity contribution in [2.75, 3.05) is 20.8 Å². The lowest BCUT2D eigenvalue weighted by Gasteiger charge is -2.15. The molecule has 20 heavy (non-hydrogen) atoms. The highest BCUT2D eigenvalue weighted by atomic mass is 32.1. The molecule has 6 heteroatoms. The maximum absolute atomic E-state index is 5.79. The number of ether oxygens (including phenoxy) is 3. The van der Waals surface area contributed by atoms with Crippen molar-refractivity contribution in [1.82, 2.24) is 4.98 Å². The van der Waals surface area contributed by atoms with E-state index < -0.39 is 0 Å². The predicted molar refractivity (Wildman–Crippen MR) is 78.8 cm³/mol. The fourth-order valence-corrected chi connectivity index (χ4v) is 2.37. The lowest BCUT2D eigenvalue weighted by atomic mass is 10.1. The topological polar surface area (TPSA) is 66.6 Å². The van der Waals surface area contributed by atoms with Crippen LogP contribution in [-0.4, -0.2) is 25.7 Å². The smallest absolute Gasteiger partial charge is 0.203 e. The van der Waals surface area contributed by atoms with Crippen LogP contribution in [0.5, 0.6) is 17.2 Å². The normalized spacial score (nSPS) is 10.3. The van der Waals surface area contributed by atoms with E-state index in [1.165, 1.54) is 0 Å². The Balaban J connectivity index is 2.24. The SMILES string of the molecule is COc1cc(CCN)cc(OC)c1OCc1nccs1. The van der Waals surface area contributed by atoms with Crippen LogP contribution in [-0.2, 0) is 13.0 Å². The van der Waals surface area contributed by atoms with Gasteiger partial charge in [0.1, 0.15) is 11.6 Å². The molecular formula is C14H18N2O3S. The number of hydrogen-bond donors (Lipinski definition) is 1. The van der Waals surface area contributed by atoms with Crippen LogP contribution in [0.15, 0.2) is 23.7 Å². The maximum Gasteiger partial charge on any atom is 0.203 e. The third-order valence-corrected chi connectivity index (χ3v) is 3.53. The summed E-state index contributed by atoms with van der Waals surface area (Å²) in [7, 11) is 3.22. The van der Waals surface area contributed by atoms with E-state index in [0.717, 1.165) is 17.0 Å². The number of methoxy groups -OCH3 is 2. The van der Waals surface area contributed by atoms with Crippen LogP contribution in [0.25, 0.3) is 0 Å². The minimum Gasteiger partial charge on any atom is -0.493 e. The molecular weight excluding hydrogens is 276 g/mol. The Labute approximate surface area is 122 Å². The van der Waals surface area contributed by atoms with Crippen molar-refractivity contribution in [3.8, 4) is 17.2 Å². The van der Waals surface area contributed by atoms with Gasteiger partial charge in [-0.2, -0.15) is 0 Å². The van der Waals surface area contributed by atoms with Crippen molar-refractivity contribution in [2.24, 2.45) is 5.73 Å². The van der Waals surface area contributed by atoms with Crippen LogP contribution >= 0.6 is 11.3 Å². The minimum atomic E-state index is 0.390. The summed E-state index contributed by atoms with van der Waals surface area (Å²) in [5, 5.41) is 2.82. The molecule has 1 aromatic carbocycles. The third kappa shape index (κ3) is 3.40. The first-order chi connectivity index (χ1) is 9.78. The number of thiazole rings is 1. The Morgan fingerprint density at radius 2 is 1.90 bits per heavy atom. The summed E-state index contributed by atoms with van der Waals surface area (Å²) in [6.07, 6.45) is 2.52. The van der Waals surface area contributed by atoms with Gasteiger partial charge < -0.3 is 19.9 Å². The molecule has 0 aliphatic heterocycles.